The first-order valence-corrected chi connectivity index (χ1v) is 9.47. The number of nitrogens with zero attached hydrogens (tertiary/aromatic N) is 3. The summed E-state index contributed by atoms with van der Waals surface area (Å²) in [6.07, 6.45) is 7.17. The maximum Gasteiger partial charge on any atom is 0.286 e. The van der Waals surface area contributed by atoms with Gasteiger partial charge in [0.2, 0.25) is 0 Å². The van der Waals surface area contributed by atoms with Crippen molar-refractivity contribution in [3.8, 4) is 11.3 Å². The zero-order valence-corrected chi connectivity index (χ0v) is 15.1. The molecule has 1 aromatic heterocycles. The summed E-state index contributed by atoms with van der Waals surface area (Å²) in [5, 5.41) is 8.64. The van der Waals surface area contributed by atoms with E-state index in [1.807, 2.05) is 30.3 Å². The lowest BCUT2D eigenvalue weighted by atomic mass is 10.1. The number of aliphatic imine (C=N–C) groups is 1. The van der Waals surface area contributed by atoms with Crippen LogP contribution in [0.3, 0.4) is 0 Å². The van der Waals surface area contributed by atoms with Crippen molar-refractivity contribution in [3.63, 3.8) is 0 Å². The number of halogens is 1. The summed E-state index contributed by atoms with van der Waals surface area (Å²) >= 11 is 7.41. The molecule has 2 aromatic rings. The highest BCUT2D eigenvalue weighted by Crippen LogP contribution is 2.33. The van der Waals surface area contributed by atoms with Crippen LogP contribution in [0.4, 0.5) is 0 Å². The number of aromatic amines is 1. The number of H-pyrrole nitrogens is 1. The fraction of sp³-hybridized carbons (Fsp3) is 0.278. The van der Waals surface area contributed by atoms with Crippen molar-refractivity contribution in [2.24, 2.45) is 4.99 Å². The van der Waals surface area contributed by atoms with E-state index >= 15 is 0 Å². The molecule has 0 saturated carbocycles. The van der Waals surface area contributed by atoms with Crippen LogP contribution in [0.5, 0.6) is 0 Å². The van der Waals surface area contributed by atoms with E-state index in [0.717, 1.165) is 47.9 Å². The van der Waals surface area contributed by atoms with Gasteiger partial charge in [0.25, 0.3) is 5.91 Å². The maximum atomic E-state index is 12.3. The molecule has 7 heteroatoms. The van der Waals surface area contributed by atoms with E-state index in [0.29, 0.717) is 9.93 Å². The van der Waals surface area contributed by atoms with Crippen molar-refractivity contribution < 1.29 is 4.79 Å². The summed E-state index contributed by atoms with van der Waals surface area (Å²) < 4.78 is 0. The first-order valence-electron chi connectivity index (χ1n) is 8.27. The quantitative estimate of drug-likeness (QED) is 0.803. The average Bonchev–Trinajstić information content (AvgIpc) is 3.24. The molecule has 25 heavy (non-hydrogen) atoms. The SMILES string of the molecule is O=C1N=C(N2CCCCC2)S/C1=C\c1cn[nH]c1-c1ccc(Cl)cc1. The largest absolute Gasteiger partial charge is 0.351 e. The molecule has 0 radical (unpaired) electrons. The number of carbonyl (C=O) groups is 1. The second-order valence-electron chi connectivity index (χ2n) is 6.07. The Morgan fingerprint density at radius 3 is 2.68 bits per heavy atom. The molecule has 3 heterocycles. The standard InChI is InChI=1S/C18H17ClN4OS/c19-14-6-4-12(5-7-14)16-13(11-20-22-16)10-15-17(24)21-18(25-15)23-8-2-1-3-9-23/h4-7,10-11H,1-3,8-9H2,(H,20,22)/b15-10-. The van der Waals surface area contributed by atoms with E-state index in [9.17, 15) is 4.79 Å². The Kier molecular flexibility index (Phi) is 4.63. The number of hydrogen-bond acceptors (Lipinski definition) is 4. The lowest BCUT2D eigenvalue weighted by Crippen LogP contribution is -2.33. The van der Waals surface area contributed by atoms with Gasteiger partial charge in [0.15, 0.2) is 5.17 Å². The number of likely N-dealkylation sites (tertiary alicyclic amines) is 1. The molecule has 0 aliphatic carbocycles. The van der Waals surface area contributed by atoms with Crippen molar-refractivity contribution in [3.05, 3.63) is 46.0 Å². The molecule has 4 rings (SSSR count). The molecule has 2 aliphatic rings. The number of nitrogens with one attached hydrogen (secondary N) is 1. The van der Waals surface area contributed by atoms with Gasteiger partial charge in [0.05, 0.1) is 16.8 Å². The second-order valence-corrected chi connectivity index (χ2v) is 7.51. The number of hydrogen-bond donors (Lipinski definition) is 1. The third-order valence-corrected chi connectivity index (χ3v) is 5.62. The first-order chi connectivity index (χ1) is 12.2. The Labute approximate surface area is 155 Å². The Hall–Kier alpha value is -2.05. The summed E-state index contributed by atoms with van der Waals surface area (Å²) in [5.41, 5.74) is 2.71. The van der Waals surface area contributed by atoms with E-state index in [2.05, 4.69) is 20.1 Å². The summed E-state index contributed by atoms with van der Waals surface area (Å²) in [4.78, 5) is 19.4. The number of benzene rings is 1. The topological polar surface area (TPSA) is 61.4 Å². The van der Waals surface area contributed by atoms with Crippen molar-refractivity contribution in [2.75, 3.05) is 13.1 Å². The van der Waals surface area contributed by atoms with E-state index in [1.54, 1.807) is 6.20 Å². The van der Waals surface area contributed by atoms with Crippen molar-refractivity contribution in [1.82, 2.24) is 15.1 Å². The van der Waals surface area contributed by atoms with Gasteiger partial charge in [-0.3, -0.25) is 9.89 Å². The molecular weight excluding hydrogens is 356 g/mol. The number of piperidine rings is 1. The Morgan fingerprint density at radius 1 is 1.16 bits per heavy atom. The van der Waals surface area contributed by atoms with Crippen LogP contribution in [0, 0.1) is 0 Å². The van der Waals surface area contributed by atoms with Crippen LogP contribution in [-0.2, 0) is 4.79 Å². The second kappa shape index (κ2) is 7.06. The van der Waals surface area contributed by atoms with Gasteiger partial charge in [-0.15, -0.1) is 0 Å². The summed E-state index contributed by atoms with van der Waals surface area (Å²) in [6.45, 7) is 1.96. The van der Waals surface area contributed by atoms with Crippen LogP contribution in [0.2, 0.25) is 5.02 Å². The number of aromatic nitrogens is 2. The van der Waals surface area contributed by atoms with Gasteiger partial charge >= 0.3 is 0 Å². The third-order valence-electron chi connectivity index (χ3n) is 4.32. The average molecular weight is 373 g/mol. The number of carbonyl (C=O) groups excluding carboxylic acids is 1. The smallest absolute Gasteiger partial charge is 0.286 e. The zero-order chi connectivity index (χ0) is 17.2. The van der Waals surface area contributed by atoms with Gasteiger partial charge in [-0.2, -0.15) is 10.1 Å². The molecule has 1 fully saturated rings. The minimum atomic E-state index is -0.172. The molecule has 2 aliphatic heterocycles. The molecule has 0 atom stereocenters. The summed E-state index contributed by atoms with van der Waals surface area (Å²) in [6, 6.07) is 7.53. The highest BCUT2D eigenvalue weighted by Gasteiger charge is 2.27. The molecular formula is C18H17ClN4OS. The molecule has 1 saturated heterocycles. The van der Waals surface area contributed by atoms with Crippen molar-refractivity contribution in [2.45, 2.75) is 19.3 Å². The Morgan fingerprint density at radius 2 is 1.92 bits per heavy atom. The summed E-state index contributed by atoms with van der Waals surface area (Å²) in [7, 11) is 0. The van der Waals surface area contributed by atoms with Gasteiger partial charge in [0, 0.05) is 29.2 Å². The van der Waals surface area contributed by atoms with Crippen LogP contribution in [0.15, 0.2) is 40.4 Å². The highest BCUT2D eigenvalue weighted by molar-refractivity contribution is 8.18. The third kappa shape index (κ3) is 3.50. The normalized spacial score (nSPS) is 19.6. The Bertz CT molecular complexity index is 850. The lowest BCUT2D eigenvalue weighted by Gasteiger charge is -2.27. The van der Waals surface area contributed by atoms with Crippen LogP contribution < -0.4 is 0 Å². The van der Waals surface area contributed by atoms with Crippen LogP contribution >= 0.6 is 23.4 Å². The van der Waals surface area contributed by atoms with Crippen LogP contribution in [0.25, 0.3) is 17.3 Å². The minimum Gasteiger partial charge on any atom is -0.351 e. The van der Waals surface area contributed by atoms with Gasteiger partial charge < -0.3 is 4.90 Å². The zero-order valence-electron chi connectivity index (χ0n) is 13.5. The molecule has 5 nitrogen and oxygen atoms in total. The van der Waals surface area contributed by atoms with Crippen LogP contribution in [-0.4, -0.2) is 39.3 Å². The van der Waals surface area contributed by atoms with Gasteiger partial charge in [-0.25, -0.2) is 0 Å². The fourth-order valence-electron chi connectivity index (χ4n) is 3.01. The first kappa shape index (κ1) is 16.4. The molecule has 0 bridgehead atoms. The molecule has 1 amide bonds. The number of amidine groups is 1. The molecule has 0 spiro atoms. The Balaban J connectivity index is 1.57. The van der Waals surface area contributed by atoms with Crippen molar-refractivity contribution >= 4 is 40.5 Å². The number of rotatable bonds is 2. The fourth-order valence-corrected chi connectivity index (χ4v) is 4.09. The summed E-state index contributed by atoms with van der Waals surface area (Å²) in [5.74, 6) is -0.172. The van der Waals surface area contributed by atoms with Crippen LogP contribution in [0.1, 0.15) is 24.8 Å². The lowest BCUT2D eigenvalue weighted by molar-refractivity contribution is -0.113. The predicted molar refractivity (Wildman–Crippen MR) is 102 cm³/mol. The molecule has 1 N–H and O–H groups in total. The highest BCUT2D eigenvalue weighted by atomic mass is 35.5. The van der Waals surface area contributed by atoms with Gasteiger partial charge in [-0.05, 0) is 49.2 Å². The molecule has 128 valence electrons. The van der Waals surface area contributed by atoms with E-state index in [1.165, 1.54) is 18.2 Å². The number of thioether (sulfide) groups is 1. The number of amides is 1. The monoisotopic (exact) mass is 372 g/mol. The van der Waals surface area contributed by atoms with Gasteiger partial charge in [0.1, 0.15) is 0 Å². The molecule has 1 aromatic carbocycles. The van der Waals surface area contributed by atoms with E-state index in [4.69, 9.17) is 11.6 Å². The van der Waals surface area contributed by atoms with Crippen molar-refractivity contribution in [1.29, 1.82) is 0 Å². The molecule has 0 unspecified atom stereocenters. The predicted octanol–water partition coefficient (Wildman–Crippen LogP) is 4.19. The van der Waals surface area contributed by atoms with E-state index in [-0.39, 0.29) is 5.91 Å². The van der Waals surface area contributed by atoms with Gasteiger partial charge in [-0.1, -0.05) is 23.7 Å². The van der Waals surface area contributed by atoms with E-state index < -0.39 is 0 Å². The minimum absolute atomic E-state index is 0.172. The maximum absolute atomic E-state index is 12.3.